The van der Waals surface area contributed by atoms with Crippen molar-refractivity contribution in [3.63, 3.8) is 0 Å². The molecule has 1 aromatic heterocycles. The van der Waals surface area contributed by atoms with Crippen molar-refractivity contribution in [1.82, 2.24) is 9.88 Å². The number of pyridine rings is 1. The van der Waals surface area contributed by atoms with E-state index in [9.17, 15) is 4.79 Å². The molecule has 0 unspecified atom stereocenters. The van der Waals surface area contributed by atoms with Crippen LogP contribution >= 0.6 is 11.6 Å². The first kappa shape index (κ1) is 12.7. The summed E-state index contributed by atoms with van der Waals surface area (Å²) in [5.41, 5.74) is 0.194. The zero-order chi connectivity index (χ0) is 13.4. The van der Waals surface area contributed by atoms with Crippen molar-refractivity contribution in [1.29, 1.82) is 0 Å². The van der Waals surface area contributed by atoms with Gasteiger partial charge in [-0.25, -0.2) is 9.78 Å². The number of aromatic nitrogens is 1. The third kappa shape index (κ3) is 2.82. The molecular formula is C13H16ClN3O2. The highest BCUT2D eigenvalue weighted by Crippen LogP contribution is 2.28. The van der Waals surface area contributed by atoms with Crippen molar-refractivity contribution in [2.75, 3.05) is 31.1 Å². The van der Waals surface area contributed by atoms with Gasteiger partial charge in [0.2, 0.25) is 0 Å². The van der Waals surface area contributed by atoms with Gasteiger partial charge in [-0.1, -0.05) is 11.6 Å². The zero-order valence-electron chi connectivity index (χ0n) is 10.5. The third-order valence-corrected chi connectivity index (χ3v) is 3.92. The fourth-order valence-electron chi connectivity index (χ4n) is 2.52. The lowest BCUT2D eigenvalue weighted by atomic mass is 10.2. The molecule has 5 nitrogen and oxygen atoms in total. The van der Waals surface area contributed by atoms with Crippen LogP contribution in [0.15, 0.2) is 12.1 Å². The number of rotatable bonds is 3. The molecule has 1 saturated heterocycles. The minimum absolute atomic E-state index is 0.194. The molecule has 0 atom stereocenters. The number of hydrogen-bond acceptors (Lipinski definition) is 4. The Labute approximate surface area is 116 Å². The van der Waals surface area contributed by atoms with E-state index in [1.54, 1.807) is 6.07 Å². The molecule has 6 heteroatoms. The van der Waals surface area contributed by atoms with Crippen LogP contribution in [0.4, 0.5) is 5.82 Å². The van der Waals surface area contributed by atoms with Crippen LogP contribution in [-0.4, -0.2) is 53.2 Å². The Morgan fingerprint density at radius 1 is 1.26 bits per heavy atom. The molecule has 1 aliphatic carbocycles. The second-order valence-corrected chi connectivity index (χ2v) is 5.48. The number of nitrogens with zero attached hydrogens (tertiary/aromatic N) is 3. The molecule has 19 heavy (non-hydrogen) atoms. The van der Waals surface area contributed by atoms with E-state index < -0.39 is 5.97 Å². The van der Waals surface area contributed by atoms with E-state index in [-0.39, 0.29) is 10.7 Å². The fourth-order valence-corrected chi connectivity index (χ4v) is 2.73. The number of hydrogen-bond donors (Lipinski definition) is 1. The molecule has 1 saturated carbocycles. The first-order chi connectivity index (χ1) is 9.13. The predicted octanol–water partition coefficient (Wildman–Crippen LogP) is 1.72. The summed E-state index contributed by atoms with van der Waals surface area (Å²) in [6.07, 6.45) is 2.64. The van der Waals surface area contributed by atoms with Crippen molar-refractivity contribution in [3.05, 3.63) is 22.8 Å². The summed E-state index contributed by atoms with van der Waals surface area (Å²) >= 11 is 5.89. The van der Waals surface area contributed by atoms with E-state index in [1.165, 1.54) is 18.9 Å². The van der Waals surface area contributed by atoms with E-state index in [0.717, 1.165) is 32.2 Å². The van der Waals surface area contributed by atoms with Crippen LogP contribution in [0.1, 0.15) is 23.2 Å². The molecular weight excluding hydrogens is 266 g/mol. The van der Waals surface area contributed by atoms with E-state index >= 15 is 0 Å². The Bertz CT molecular complexity index is 497. The van der Waals surface area contributed by atoms with Gasteiger partial charge in [0.15, 0.2) is 0 Å². The average molecular weight is 282 g/mol. The predicted molar refractivity (Wildman–Crippen MR) is 73.0 cm³/mol. The lowest BCUT2D eigenvalue weighted by Gasteiger charge is -2.35. The molecule has 1 aromatic rings. The van der Waals surface area contributed by atoms with Gasteiger partial charge in [-0.15, -0.1) is 0 Å². The van der Waals surface area contributed by atoms with Crippen molar-refractivity contribution >= 4 is 23.4 Å². The second-order valence-electron chi connectivity index (χ2n) is 5.10. The van der Waals surface area contributed by atoms with E-state index in [2.05, 4.69) is 14.8 Å². The Morgan fingerprint density at radius 3 is 2.53 bits per heavy atom. The van der Waals surface area contributed by atoms with Gasteiger partial charge in [-0.3, -0.25) is 4.90 Å². The number of piperazine rings is 1. The summed E-state index contributed by atoms with van der Waals surface area (Å²) in [6.45, 7) is 3.79. The van der Waals surface area contributed by atoms with Crippen LogP contribution in [0.3, 0.4) is 0 Å². The van der Waals surface area contributed by atoms with Gasteiger partial charge in [-0.2, -0.15) is 0 Å². The zero-order valence-corrected chi connectivity index (χ0v) is 11.3. The number of aromatic carboxylic acids is 1. The Balaban J connectivity index is 1.73. The maximum Gasteiger partial charge on any atom is 0.335 e. The maximum absolute atomic E-state index is 11.0. The van der Waals surface area contributed by atoms with Gasteiger partial charge < -0.3 is 10.0 Å². The first-order valence-corrected chi connectivity index (χ1v) is 6.91. The largest absolute Gasteiger partial charge is 0.478 e. The second kappa shape index (κ2) is 4.98. The molecule has 2 heterocycles. The monoisotopic (exact) mass is 281 g/mol. The smallest absolute Gasteiger partial charge is 0.335 e. The highest BCUT2D eigenvalue weighted by atomic mass is 35.5. The normalized spacial score (nSPS) is 20.6. The van der Waals surface area contributed by atoms with Gasteiger partial charge in [-0.05, 0) is 25.0 Å². The number of anilines is 1. The highest BCUT2D eigenvalue weighted by Gasteiger charge is 2.31. The fraction of sp³-hybridized carbons (Fsp3) is 0.538. The molecule has 0 aromatic carbocycles. The van der Waals surface area contributed by atoms with Crippen LogP contribution < -0.4 is 4.90 Å². The van der Waals surface area contributed by atoms with Crippen molar-refractivity contribution in [2.24, 2.45) is 0 Å². The maximum atomic E-state index is 11.0. The number of carbonyl (C=O) groups is 1. The summed E-state index contributed by atoms with van der Waals surface area (Å²) < 4.78 is 0. The van der Waals surface area contributed by atoms with E-state index in [1.807, 2.05) is 0 Å². The van der Waals surface area contributed by atoms with Crippen LogP contribution in [0.5, 0.6) is 0 Å². The van der Waals surface area contributed by atoms with Crippen molar-refractivity contribution in [3.8, 4) is 0 Å². The van der Waals surface area contributed by atoms with Gasteiger partial charge >= 0.3 is 5.97 Å². The van der Waals surface area contributed by atoms with Gasteiger partial charge in [0.05, 0.1) is 5.56 Å². The lowest BCUT2D eigenvalue weighted by Crippen LogP contribution is -2.47. The molecule has 1 N–H and O–H groups in total. The minimum Gasteiger partial charge on any atom is -0.478 e. The van der Waals surface area contributed by atoms with Gasteiger partial charge in [0, 0.05) is 32.2 Å². The molecule has 2 aliphatic rings. The first-order valence-electron chi connectivity index (χ1n) is 6.53. The number of carboxylic acids is 1. The summed E-state index contributed by atoms with van der Waals surface area (Å²) in [5, 5.41) is 9.28. The summed E-state index contributed by atoms with van der Waals surface area (Å²) in [5.74, 6) is -0.303. The van der Waals surface area contributed by atoms with Crippen molar-refractivity contribution in [2.45, 2.75) is 18.9 Å². The number of carboxylic acid groups (broad SMARTS) is 1. The highest BCUT2D eigenvalue weighted by molar-refractivity contribution is 6.29. The lowest BCUT2D eigenvalue weighted by molar-refractivity contribution is 0.0697. The SMILES string of the molecule is O=C(O)c1cc(Cl)nc(N2CCN(C3CC3)CC2)c1. The van der Waals surface area contributed by atoms with E-state index in [0.29, 0.717) is 5.82 Å². The van der Waals surface area contributed by atoms with Gasteiger partial charge in [0.25, 0.3) is 0 Å². The van der Waals surface area contributed by atoms with Crippen LogP contribution in [0, 0.1) is 0 Å². The molecule has 1 aliphatic heterocycles. The summed E-state index contributed by atoms with van der Waals surface area (Å²) in [4.78, 5) is 19.9. The molecule has 102 valence electrons. The molecule has 0 amide bonds. The number of halogens is 1. The van der Waals surface area contributed by atoms with Crippen LogP contribution in [-0.2, 0) is 0 Å². The Morgan fingerprint density at radius 2 is 1.95 bits per heavy atom. The standard InChI is InChI=1S/C13H16ClN3O2/c14-11-7-9(13(18)19)8-12(15-11)17-5-3-16(4-6-17)10-1-2-10/h7-8,10H,1-6H2,(H,18,19). The van der Waals surface area contributed by atoms with Crippen LogP contribution in [0.25, 0.3) is 0 Å². The quantitative estimate of drug-likeness (QED) is 0.855. The Hall–Kier alpha value is -1.33. The molecule has 0 bridgehead atoms. The molecule has 0 radical (unpaired) electrons. The average Bonchev–Trinajstić information content (AvgIpc) is 3.22. The van der Waals surface area contributed by atoms with E-state index in [4.69, 9.17) is 16.7 Å². The van der Waals surface area contributed by atoms with Gasteiger partial charge in [0.1, 0.15) is 11.0 Å². The molecule has 0 spiro atoms. The minimum atomic E-state index is -0.970. The van der Waals surface area contributed by atoms with Crippen molar-refractivity contribution < 1.29 is 9.90 Å². The molecule has 2 fully saturated rings. The topological polar surface area (TPSA) is 56.7 Å². The third-order valence-electron chi connectivity index (χ3n) is 3.73. The summed E-state index contributed by atoms with van der Waals surface area (Å²) in [7, 11) is 0. The van der Waals surface area contributed by atoms with Crippen LogP contribution in [0.2, 0.25) is 5.15 Å². The Kier molecular flexibility index (Phi) is 3.33. The molecule has 3 rings (SSSR count). The summed E-state index contributed by atoms with van der Waals surface area (Å²) in [6, 6.07) is 3.76.